The van der Waals surface area contributed by atoms with Gasteiger partial charge in [-0.1, -0.05) is 0 Å². The summed E-state index contributed by atoms with van der Waals surface area (Å²) in [6.45, 7) is 1.61. The highest BCUT2D eigenvalue weighted by Gasteiger charge is 2.59. The standard InChI is InChI=1S/C15H20F2N4O2S/c1-20-14-13(5-4-12(19-14)10-3-2-6-18-8-10)21(24(20,22)23)9-11-7-15(11,16)17/h4-5,10-11,18H,2-3,6-9H2,1H3. The van der Waals surface area contributed by atoms with Crippen LogP contribution in [-0.4, -0.2) is 46.0 Å². The van der Waals surface area contributed by atoms with Gasteiger partial charge in [-0.2, -0.15) is 8.42 Å². The third-order valence-electron chi connectivity index (χ3n) is 5.12. The van der Waals surface area contributed by atoms with Crippen molar-refractivity contribution in [1.82, 2.24) is 10.3 Å². The van der Waals surface area contributed by atoms with Crippen LogP contribution in [-0.2, 0) is 10.2 Å². The van der Waals surface area contributed by atoms with Crippen molar-refractivity contribution in [1.29, 1.82) is 0 Å². The molecule has 2 aliphatic heterocycles. The van der Waals surface area contributed by atoms with Crippen LogP contribution in [0, 0.1) is 5.92 Å². The van der Waals surface area contributed by atoms with Gasteiger partial charge in [0.2, 0.25) is 0 Å². The van der Waals surface area contributed by atoms with Gasteiger partial charge >= 0.3 is 10.2 Å². The Hall–Kier alpha value is -1.48. The Labute approximate surface area is 140 Å². The predicted molar refractivity (Wildman–Crippen MR) is 86.8 cm³/mol. The van der Waals surface area contributed by atoms with E-state index in [0.717, 1.165) is 40.2 Å². The molecular weight excluding hydrogens is 338 g/mol. The molecule has 0 spiro atoms. The molecule has 6 nitrogen and oxygen atoms in total. The molecule has 0 radical (unpaired) electrons. The number of pyridine rings is 1. The molecule has 1 aromatic rings. The molecule has 1 N–H and O–H groups in total. The van der Waals surface area contributed by atoms with Crippen molar-refractivity contribution >= 4 is 21.7 Å². The highest BCUT2D eigenvalue weighted by atomic mass is 32.2. The third-order valence-corrected chi connectivity index (χ3v) is 6.89. The first kappa shape index (κ1) is 16.0. The molecule has 4 rings (SSSR count). The van der Waals surface area contributed by atoms with Crippen molar-refractivity contribution < 1.29 is 17.2 Å². The zero-order valence-corrected chi connectivity index (χ0v) is 14.2. The summed E-state index contributed by atoms with van der Waals surface area (Å²) < 4.78 is 53.8. The normalized spacial score (nSPS) is 30.3. The zero-order valence-electron chi connectivity index (χ0n) is 13.4. The lowest BCUT2D eigenvalue weighted by Crippen LogP contribution is -2.37. The average Bonchev–Trinajstić information content (AvgIpc) is 3.13. The van der Waals surface area contributed by atoms with E-state index >= 15 is 0 Å². The molecule has 24 heavy (non-hydrogen) atoms. The van der Waals surface area contributed by atoms with E-state index in [0.29, 0.717) is 11.5 Å². The maximum atomic E-state index is 13.2. The second-order valence-corrected chi connectivity index (χ2v) is 8.67. The molecule has 0 amide bonds. The number of hydrogen-bond acceptors (Lipinski definition) is 4. The number of nitrogens with one attached hydrogen (secondary N) is 1. The van der Waals surface area contributed by atoms with Crippen LogP contribution >= 0.6 is 0 Å². The Morgan fingerprint density at radius 2 is 2.17 bits per heavy atom. The van der Waals surface area contributed by atoms with Gasteiger partial charge in [-0.25, -0.2) is 22.4 Å². The first-order chi connectivity index (χ1) is 11.3. The topological polar surface area (TPSA) is 65.5 Å². The smallest absolute Gasteiger partial charge is 0.316 e. The van der Waals surface area contributed by atoms with Crippen molar-refractivity contribution in [3.05, 3.63) is 17.8 Å². The fourth-order valence-electron chi connectivity index (χ4n) is 3.46. The van der Waals surface area contributed by atoms with Crippen LogP contribution in [0.1, 0.15) is 30.9 Å². The average molecular weight is 358 g/mol. The van der Waals surface area contributed by atoms with Crippen molar-refractivity contribution in [3.63, 3.8) is 0 Å². The molecule has 3 heterocycles. The monoisotopic (exact) mass is 358 g/mol. The molecule has 132 valence electrons. The van der Waals surface area contributed by atoms with Crippen molar-refractivity contribution in [2.75, 3.05) is 35.3 Å². The van der Waals surface area contributed by atoms with Gasteiger partial charge in [0.05, 0.1) is 5.69 Å². The Morgan fingerprint density at radius 1 is 1.42 bits per heavy atom. The van der Waals surface area contributed by atoms with Gasteiger partial charge in [0.15, 0.2) is 5.82 Å². The molecule has 3 aliphatic rings. The van der Waals surface area contributed by atoms with Crippen molar-refractivity contribution in [3.8, 4) is 0 Å². The van der Waals surface area contributed by atoms with Gasteiger partial charge in [0.1, 0.15) is 0 Å². The Kier molecular flexibility index (Phi) is 3.51. The summed E-state index contributed by atoms with van der Waals surface area (Å²) in [4.78, 5) is 4.55. The minimum atomic E-state index is -3.82. The first-order valence-corrected chi connectivity index (χ1v) is 9.56. The summed E-state index contributed by atoms with van der Waals surface area (Å²) in [5.74, 6) is -3.07. The lowest BCUT2D eigenvalue weighted by atomic mass is 9.95. The van der Waals surface area contributed by atoms with Crippen molar-refractivity contribution in [2.45, 2.75) is 31.1 Å². The van der Waals surface area contributed by atoms with E-state index in [1.165, 1.54) is 7.05 Å². The van der Waals surface area contributed by atoms with Gasteiger partial charge in [0.25, 0.3) is 5.92 Å². The highest BCUT2D eigenvalue weighted by Crippen LogP contribution is 2.51. The summed E-state index contributed by atoms with van der Waals surface area (Å²) in [6.07, 6.45) is 1.81. The van der Waals surface area contributed by atoms with Gasteiger partial charge in [0, 0.05) is 44.1 Å². The summed E-state index contributed by atoms with van der Waals surface area (Å²) in [5.41, 5.74) is 1.24. The molecule has 1 saturated heterocycles. The molecule has 1 aliphatic carbocycles. The van der Waals surface area contributed by atoms with E-state index in [2.05, 4.69) is 10.3 Å². The zero-order chi connectivity index (χ0) is 17.1. The second kappa shape index (κ2) is 5.26. The summed E-state index contributed by atoms with van der Waals surface area (Å²) in [7, 11) is -2.40. The molecule has 9 heteroatoms. The number of fused-ring (bicyclic) bond motifs is 1. The molecule has 1 aromatic heterocycles. The van der Waals surface area contributed by atoms with Crippen LogP contribution in [0.3, 0.4) is 0 Å². The molecule has 0 bridgehead atoms. The maximum Gasteiger partial charge on any atom is 0.327 e. The van der Waals surface area contributed by atoms with E-state index in [1.807, 2.05) is 6.07 Å². The maximum absolute atomic E-state index is 13.2. The summed E-state index contributed by atoms with van der Waals surface area (Å²) in [5, 5.41) is 3.32. The molecule has 0 aromatic carbocycles. The fourth-order valence-corrected chi connectivity index (χ4v) is 4.86. The van der Waals surface area contributed by atoms with Crippen LogP contribution in [0.4, 0.5) is 20.3 Å². The van der Waals surface area contributed by atoms with Crippen LogP contribution in [0.2, 0.25) is 0 Å². The molecule has 2 atom stereocenters. The minimum Gasteiger partial charge on any atom is -0.316 e. The largest absolute Gasteiger partial charge is 0.327 e. The number of alkyl halides is 2. The summed E-state index contributed by atoms with van der Waals surface area (Å²) >= 11 is 0. The number of aromatic nitrogens is 1. The van der Waals surface area contributed by atoms with Crippen LogP contribution in [0.5, 0.6) is 0 Å². The van der Waals surface area contributed by atoms with Crippen LogP contribution in [0.15, 0.2) is 12.1 Å². The number of halogens is 2. The highest BCUT2D eigenvalue weighted by molar-refractivity contribution is 7.94. The van der Waals surface area contributed by atoms with Gasteiger partial charge in [-0.3, -0.25) is 0 Å². The summed E-state index contributed by atoms with van der Waals surface area (Å²) in [6, 6.07) is 3.52. The van der Waals surface area contributed by atoms with Gasteiger partial charge < -0.3 is 5.32 Å². The Balaban J connectivity index is 1.66. The number of nitrogens with zero attached hydrogens (tertiary/aromatic N) is 3. The molecular formula is C15H20F2N4O2S. The van der Waals surface area contributed by atoms with Gasteiger partial charge in [-0.05, 0) is 31.5 Å². The quantitative estimate of drug-likeness (QED) is 0.893. The number of anilines is 2. The van der Waals surface area contributed by atoms with Crippen molar-refractivity contribution in [2.24, 2.45) is 5.92 Å². The molecule has 1 saturated carbocycles. The fraction of sp³-hybridized carbons (Fsp3) is 0.667. The number of rotatable bonds is 3. The lowest BCUT2D eigenvalue weighted by Gasteiger charge is -2.22. The molecule has 2 unspecified atom stereocenters. The second-order valence-electron chi connectivity index (χ2n) is 6.79. The van der Waals surface area contributed by atoms with Gasteiger partial charge in [-0.15, -0.1) is 0 Å². The molecule has 2 fully saturated rings. The van der Waals surface area contributed by atoms with Crippen LogP contribution in [0.25, 0.3) is 0 Å². The Morgan fingerprint density at radius 3 is 2.79 bits per heavy atom. The van der Waals surface area contributed by atoms with E-state index in [4.69, 9.17) is 0 Å². The lowest BCUT2D eigenvalue weighted by molar-refractivity contribution is 0.101. The first-order valence-electron chi connectivity index (χ1n) is 8.17. The van der Waals surface area contributed by atoms with E-state index < -0.39 is 22.0 Å². The Bertz CT molecular complexity index is 765. The predicted octanol–water partition coefficient (Wildman–Crippen LogP) is 1.70. The number of hydrogen-bond donors (Lipinski definition) is 1. The SMILES string of the molecule is CN1c2nc(C3CCCNC3)ccc2N(CC2CC2(F)F)S1(=O)=O. The number of piperidine rings is 1. The van der Waals surface area contributed by atoms with Crippen LogP contribution < -0.4 is 13.9 Å². The van der Waals surface area contributed by atoms with E-state index in [9.17, 15) is 17.2 Å². The van der Waals surface area contributed by atoms with E-state index in [-0.39, 0.29) is 18.9 Å². The third kappa shape index (κ3) is 2.45. The minimum absolute atomic E-state index is 0.196. The van der Waals surface area contributed by atoms with E-state index in [1.54, 1.807) is 6.07 Å².